The summed E-state index contributed by atoms with van der Waals surface area (Å²) in [5.41, 5.74) is 3.44. The lowest BCUT2D eigenvalue weighted by molar-refractivity contribution is -0.0287. The predicted octanol–water partition coefficient (Wildman–Crippen LogP) is 3.26. The Labute approximate surface area is 123 Å². The first kappa shape index (κ1) is 15.2. The van der Waals surface area contributed by atoms with Gasteiger partial charge in [-0.3, -0.25) is 0 Å². The summed E-state index contributed by atoms with van der Waals surface area (Å²) in [6.07, 6.45) is 1.64. The fourth-order valence-electron chi connectivity index (χ4n) is 2.50. The molecule has 2 rings (SSSR count). The third-order valence-corrected chi connectivity index (χ3v) is 5.21. The SMILES string of the molecule is CCC(CC)(OC)c1nc(NN)c2c(C)c(C)sc2n1. The second-order valence-corrected chi connectivity index (χ2v) is 6.11. The van der Waals surface area contributed by atoms with Gasteiger partial charge in [0.15, 0.2) is 11.6 Å². The molecule has 0 saturated heterocycles. The van der Waals surface area contributed by atoms with Crippen LogP contribution < -0.4 is 11.3 Å². The zero-order chi connectivity index (χ0) is 14.9. The topological polar surface area (TPSA) is 73.1 Å². The zero-order valence-corrected chi connectivity index (χ0v) is 13.5. The summed E-state index contributed by atoms with van der Waals surface area (Å²) < 4.78 is 5.72. The Morgan fingerprint density at radius 3 is 2.40 bits per heavy atom. The number of nitrogens with zero attached hydrogens (tertiary/aromatic N) is 2. The molecule has 0 fully saturated rings. The van der Waals surface area contributed by atoms with Crippen LogP contribution in [0.5, 0.6) is 0 Å². The van der Waals surface area contributed by atoms with Gasteiger partial charge in [-0.05, 0) is 32.3 Å². The van der Waals surface area contributed by atoms with Gasteiger partial charge in [-0.15, -0.1) is 11.3 Å². The summed E-state index contributed by atoms with van der Waals surface area (Å²) in [5, 5.41) is 1.01. The van der Waals surface area contributed by atoms with Crippen LogP contribution in [-0.2, 0) is 10.3 Å². The lowest BCUT2D eigenvalue weighted by atomic mass is 9.96. The molecule has 0 bridgehead atoms. The molecule has 0 amide bonds. The summed E-state index contributed by atoms with van der Waals surface area (Å²) in [5.74, 6) is 7.03. The Morgan fingerprint density at radius 2 is 1.90 bits per heavy atom. The molecule has 110 valence electrons. The number of aryl methyl sites for hydroxylation is 2. The number of hydrazine groups is 1. The minimum Gasteiger partial charge on any atom is -0.370 e. The highest BCUT2D eigenvalue weighted by Gasteiger charge is 2.32. The lowest BCUT2D eigenvalue weighted by Crippen LogP contribution is -2.30. The van der Waals surface area contributed by atoms with Crippen molar-refractivity contribution >= 4 is 27.4 Å². The van der Waals surface area contributed by atoms with Gasteiger partial charge in [-0.2, -0.15) is 0 Å². The number of fused-ring (bicyclic) bond motifs is 1. The number of anilines is 1. The first-order valence-electron chi connectivity index (χ1n) is 6.83. The van der Waals surface area contributed by atoms with E-state index in [2.05, 4.69) is 38.1 Å². The van der Waals surface area contributed by atoms with E-state index in [0.29, 0.717) is 11.6 Å². The van der Waals surface area contributed by atoms with Crippen molar-refractivity contribution in [2.24, 2.45) is 5.84 Å². The van der Waals surface area contributed by atoms with Crippen molar-refractivity contribution in [1.82, 2.24) is 9.97 Å². The number of aromatic nitrogens is 2. The van der Waals surface area contributed by atoms with Crippen molar-refractivity contribution in [3.8, 4) is 0 Å². The smallest absolute Gasteiger partial charge is 0.164 e. The van der Waals surface area contributed by atoms with Crippen LogP contribution in [0.2, 0.25) is 0 Å². The Morgan fingerprint density at radius 1 is 1.25 bits per heavy atom. The number of hydrogen-bond acceptors (Lipinski definition) is 6. The number of hydrogen-bond donors (Lipinski definition) is 2. The molecule has 3 N–H and O–H groups in total. The van der Waals surface area contributed by atoms with Crippen molar-refractivity contribution < 1.29 is 4.74 Å². The molecule has 0 saturated carbocycles. The molecule has 2 aromatic rings. The van der Waals surface area contributed by atoms with Gasteiger partial charge < -0.3 is 10.2 Å². The summed E-state index contributed by atoms with van der Waals surface area (Å²) >= 11 is 1.67. The minimum atomic E-state index is -0.453. The maximum Gasteiger partial charge on any atom is 0.164 e. The summed E-state index contributed by atoms with van der Waals surface area (Å²) in [6.45, 7) is 8.33. The molecule has 5 nitrogen and oxygen atoms in total. The molecule has 2 heterocycles. The summed E-state index contributed by atoms with van der Waals surface area (Å²) in [6, 6.07) is 0. The van der Waals surface area contributed by atoms with Gasteiger partial charge in [-0.25, -0.2) is 15.8 Å². The fraction of sp³-hybridized carbons (Fsp3) is 0.571. The molecular weight excluding hydrogens is 272 g/mol. The first-order chi connectivity index (χ1) is 9.52. The average Bonchev–Trinajstić information content (AvgIpc) is 2.76. The van der Waals surface area contributed by atoms with Crippen LogP contribution in [0, 0.1) is 13.8 Å². The van der Waals surface area contributed by atoms with Crippen LogP contribution in [-0.4, -0.2) is 17.1 Å². The number of nitrogen functional groups attached to an aromatic ring is 1. The van der Waals surface area contributed by atoms with Crippen LogP contribution in [0.25, 0.3) is 10.2 Å². The van der Waals surface area contributed by atoms with Gasteiger partial charge >= 0.3 is 0 Å². The van der Waals surface area contributed by atoms with Crippen molar-refractivity contribution in [3.63, 3.8) is 0 Å². The minimum absolute atomic E-state index is 0.453. The van der Waals surface area contributed by atoms with Gasteiger partial charge in [0.1, 0.15) is 10.4 Å². The number of rotatable bonds is 5. The van der Waals surface area contributed by atoms with Gasteiger partial charge in [0.2, 0.25) is 0 Å². The molecule has 0 spiro atoms. The molecule has 0 atom stereocenters. The van der Waals surface area contributed by atoms with Crippen molar-refractivity contribution in [1.29, 1.82) is 0 Å². The van der Waals surface area contributed by atoms with E-state index in [-0.39, 0.29) is 0 Å². The van der Waals surface area contributed by atoms with Crippen LogP contribution >= 0.6 is 11.3 Å². The molecule has 0 unspecified atom stereocenters. The maximum atomic E-state index is 5.72. The van der Waals surface area contributed by atoms with Gasteiger partial charge in [-0.1, -0.05) is 13.8 Å². The van der Waals surface area contributed by atoms with Gasteiger partial charge in [0.25, 0.3) is 0 Å². The second-order valence-electron chi connectivity index (χ2n) is 4.91. The highest BCUT2D eigenvalue weighted by atomic mass is 32.1. The van der Waals surface area contributed by atoms with Gasteiger partial charge in [0.05, 0.1) is 5.39 Å². The largest absolute Gasteiger partial charge is 0.370 e. The predicted molar refractivity (Wildman–Crippen MR) is 84.0 cm³/mol. The Kier molecular flexibility index (Phi) is 4.27. The molecule has 0 aliphatic carbocycles. The van der Waals surface area contributed by atoms with Crippen LogP contribution in [0.4, 0.5) is 5.82 Å². The Hall–Kier alpha value is -1.24. The molecule has 0 radical (unpaired) electrons. The molecular formula is C14H22N4OS. The molecule has 0 aliphatic heterocycles. The van der Waals surface area contributed by atoms with Crippen molar-refractivity contribution in [2.75, 3.05) is 12.5 Å². The van der Waals surface area contributed by atoms with E-state index >= 15 is 0 Å². The number of nitrogens with one attached hydrogen (secondary N) is 1. The summed E-state index contributed by atoms with van der Waals surface area (Å²) in [4.78, 5) is 11.5. The fourth-order valence-corrected chi connectivity index (χ4v) is 3.53. The van der Waals surface area contributed by atoms with E-state index in [1.165, 1.54) is 10.4 Å². The number of ether oxygens (including phenoxy) is 1. The van der Waals surface area contributed by atoms with Crippen LogP contribution in [0.15, 0.2) is 0 Å². The molecule has 20 heavy (non-hydrogen) atoms. The van der Waals surface area contributed by atoms with Crippen molar-refractivity contribution in [3.05, 3.63) is 16.3 Å². The number of methoxy groups -OCH3 is 1. The molecule has 0 aromatic carbocycles. The normalized spacial score (nSPS) is 12.1. The van der Waals surface area contributed by atoms with E-state index in [4.69, 9.17) is 15.6 Å². The van der Waals surface area contributed by atoms with E-state index in [0.717, 1.165) is 23.1 Å². The molecule has 0 aliphatic rings. The Balaban J connectivity index is 2.74. The molecule has 2 aromatic heterocycles. The maximum absolute atomic E-state index is 5.72. The van der Waals surface area contributed by atoms with E-state index in [1.807, 2.05) is 0 Å². The highest BCUT2D eigenvalue weighted by Crippen LogP contribution is 2.37. The zero-order valence-electron chi connectivity index (χ0n) is 12.7. The number of thiophene rings is 1. The van der Waals surface area contributed by atoms with Crippen LogP contribution in [0.3, 0.4) is 0 Å². The summed E-state index contributed by atoms with van der Waals surface area (Å²) in [7, 11) is 1.71. The van der Waals surface area contributed by atoms with Gasteiger partial charge in [0, 0.05) is 12.0 Å². The standard InChI is InChI=1S/C14H22N4OS/c1-6-14(7-2,19-5)13-16-11(18-15)10-8(3)9(4)20-12(10)17-13/h6-7,15H2,1-5H3,(H,16,17,18). The third kappa shape index (κ3) is 2.17. The van der Waals surface area contributed by atoms with Crippen LogP contribution in [0.1, 0.15) is 43.0 Å². The van der Waals surface area contributed by atoms with E-state index in [1.54, 1.807) is 18.4 Å². The average molecular weight is 294 g/mol. The quantitative estimate of drug-likeness (QED) is 0.654. The number of nitrogens with two attached hydrogens (primary N) is 1. The van der Waals surface area contributed by atoms with Crippen molar-refractivity contribution in [2.45, 2.75) is 46.1 Å². The highest BCUT2D eigenvalue weighted by molar-refractivity contribution is 7.18. The second kappa shape index (κ2) is 5.63. The van der Waals surface area contributed by atoms with E-state index < -0.39 is 5.60 Å². The lowest BCUT2D eigenvalue weighted by Gasteiger charge is -2.28. The Bertz CT molecular complexity index is 611. The third-order valence-electron chi connectivity index (χ3n) is 4.11. The first-order valence-corrected chi connectivity index (χ1v) is 7.64. The monoisotopic (exact) mass is 294 g/mol. The molecule has 6 heteroatoms. The van der Waals surface area contributed by atoms with E-state index in [9.17, 15) is 0 Å².